The lowest BCUT2D eigenvalue weighted by atomic mass is 10.2. The molecule has 37 nitrogen and oxygen atoms in total. The highest BCUT2D eigenvalue weighted by molar-refractivity contribution is 5.61. The number of nitrogens with zero attached hydrogens (tertiary/aromatic N) is 27. The van der Waals surface area contributed by atoms with E-state index < -0.39 is 24.6 Å². The van der Waals surface area contributed by atoms with Gasteiger partial charge in [0, 0.05) is 170 Å². The van der Waals surface area contributed by atoms with Crippen LogP contribution >= 0.6 is 0 Å². The zero-order chi connectivity index (χ0) is 80.0. The second kappa shape index (κ2) is 35.5. The Bertz CT molecular complexity index is 5060. The Balaban J connectivity index is 0.000000150. The van der Waals surface area contributed by atoms with Gasteiger partial charge in [-0.15, -0.1) is 15.3 Å². The molecule has 0 unspecified atom stereocenters. The fourth-order valence-corrected chi connectivity index (χ4v) is 12.3. The van der Waals surface area contributed by atoms with E-state index in [1.807, 2.05) is 72.1 Å². The molecule has 15 heterocycles. The molecule has 0 aliphatic carbocycles. The number of nitrogens with two attached hydrogens (primary N) is 3. The number of fused-ring (bicyclic) bond motifs is 3. The van der Waals surface area contributed by atoms with Crippen LogP contribution in [0.2, 0.25) is 0 Å². The number of anilines is 9. The van der Waals surface area contributed by atoms with Gasteiger partial charge in [0.2, 0.25) is 41.2 Å². The maximum absolute atomic E-state index is 14.7. The smallest absolute Gasteiger partial charge is 0.421 e. The Labute approximate surface area is 638 Å². The molecule has 0 radical (unpaired) electrons. The molecule has 0 amide bonds. The fraction of sp³-hybridized carbons (Fsp3) is 0.443. The van der Waals surface area contributed by atoms with Crippen LogP contribution in [0.25, 0.3) is 52.1 Å². The SMILES string of the molecule is CCCOc1ccc(N2CCN(CCN(C)c3cc4nc(-c5ncco5)nn4c(N)n3)CC2)nc1.CCCOc1ncc(N2CCN(CCN(C)c3cc4nc(-c5ncco5)nn4c(N)n3)CC2)cc1C(F)(F)F.[2H]C([2H])([2H])OCCOc1cnc(N2CCN(CCN(C)c3cc4nc(-c5ncco5)nn4c(N)n3)CC2)c(F)c1. The second-order valence-corrected chi connectivity index (χ2v) is 26.1. The van der Waals surface area contributed by atoms with E-state index in [0.717, 1.165) is 95.3 Å². The van der Waals surface area contributed by atoms with Crippen LogP contribution in [-0.2, 0) is 10.9 Å². The van der Waals surface area contributed by atoms with E-state index in [1.165, 1.54) is 63.2 Å². The highest BCUT2D eigenvalue weighted by atomic mass is 19.4. The van der Waals surface area contributed by atoms with E-state index in [4.69, 9.17) is 48.8 Å². The average Bonchev–Trinajstić information content (AvgIpc) is 1.66. The number of hydrogen-bond acceptors (Lipinski definition) is 34. The maximum atomic E-state index is 14.7. The van der Waals surface area contributed by atoms with Crippen LogP contribution < -0.4 is 60.8 Å². The topological polar surface area (TPSA) is 390 Å². The van der Waals surface area contributed by atoms with Crippen molar-refractivity contribution in [3.63, 3.8) is 0 Å². The van der Waals surface area contributed by atoms with E-state index in [-0.39, 0.29) is 55.1 Å². The second-order valence-electron chi connectivity index (χ2n) is 26.1. The minimum Gasteiger partial charge on any atom is -0.492 e. The van der Waals surface area contributed by atoms with Gasteiger partial charge in [-0.25, -0.2) is 49.2 Å². The van der Waals surface area contributed by atoms with Crippen LogP contribution in [0.1, 0.15) is 36.4 Å². The third-order valence-electron chi connectivity index (χ3n) is 18.4. The first-order valence-electron chi connectivity index (χ1n) is 37.6. The molecule has 0 spiro atoms. The number of rotatable bonds is 28. The monoisotopic (exact) mass is 1540 g/mol. The number of pyridine rings is 3. The lowest BCUT2D eigenvalue weighted by Gasteiger charge is -2.36. The molecule has 0 bridgehead atoms. The summed E-state index contributed by atoms with van der Waals surface area (Å²) in [6, 6.07) is 11.9. The molecule has 12 aromatic heterocycles. The first kappa shape index (κ1) is 73.1. The summed E-state index contributed by atoms with van der Waals surface area (Å²) in [5.74, 6) is 6.06. The van der Waals surface area contributed by atoms with Gasteiger partial charge < -0.3 is 78.8 Å². The van der Waals surface area contributed by atoms with E-state index >= 15 is 0 Å². The third kappa shape index (κ3) is 19.1. The molecule has 3 aliphatic heterocycles. The summed E-state index contributed by atoms with van der Waals surface area (Å²) in [4.78, 5) is 70.9. The zero-order valence-corrected chi connectivity index (χ0v) is 61.9. The van der Waals surface area contributed by atoms with Crippen LogP contribution in [0.3, 0.4) is 0 Å². The summed E-state index contributed by atoms with van der Waals surface area (Å²) in [5.41, 5.74) is 19.6. The molecular formula is C70H88F4N30O7. The normalized spacial score (nSPS) is 15.1. The van der Waals surface area contributed by atoms with Crippen molar-refractivity contribution in [2.24, 2.45) is 0 Å². The summed E-state index contributed by atoms with van der Waals surface area (Å²) in [6.45, 7) is 18.3. The molecule has 15 rings (SSSR count). The molecule has 588 valence electrons. The van der Waals surface area contributed by atoms with Crippen molar-refractivity contribution < 1.29 is 53.9 Å². The summed E-state index contributed by atoms with van der Waals surface area (Å²) in [5, 5.41) is 13.0. The minimum atomic E-state index is -4.54. The fourth-order valence-electron chi connectivity index (χ4n) is 12.3. The van der Waals surface area contributed by atoms with Crippen LogP contribution in [0.5, 0.6) is 17.4 Å². The Hall–Kier alpha value is -12.1. The molecule has 3 aliphatic rings. The summed E-state index contributed by atoms with van der Waals surface area (Å²) in [6.07, 6.45) is 10.7. The molecular weight excluding hydrogens is 1450 g/mol. The number of aromatic nitrogens is 18. The average molecular weight is 1540 g/mol. The van der Waals surface area contributed by atoms with Gasteiger partial charge in [0.05, 0.1) is 66.8 Å². The van der Waals surface area contributed by atoms with Crippen LogP contribution in [0.4, 0.5) is 70.2 Å². The van der Waals surface area contributed by atoms with Crippen molar-refractivity contribution in [2.75, 3.05) is 219 Å². The van der Waals surface area contributed by atoms with Gasteiger partial charge in [-0.1, -0.05) is 13.8 Å². The number of ether oxygens (including phenoxy) is 4. The van der Waals surface area contributed by atoms with Crippen molar-refractivity contribution in [1.29, 1.82) is 0 Å². The molecule has 6 N–H and O–H groups in total. The number of methoxy groups -OCH3 is 1. The molecule has 0 aromatic carbocycles. The molecule has 111 heavy (non-hydrogen) atoms. The number of likely N-dealkylation sites (N-methyl/N-ethyl adjacent to an activating group) is 3. The largest absolute Gasteiger partial charge is 0.492 e. The summed E-state index contributed by atoms with van der Waals surface area (Å²) in [7, 11) is 3.35. The van der Waals surface area contributed by atoms with Gasteiger partial charge in [0.25, 0.3) is 17.7 Å². The van der Waals surface area contributed by atoms with E-state index in [2.05, 4.69) is 111 Å². The van der Waals surface area contributed by atoms with E-state index in [9.17, 15) is 17.6 Å². The Kier molecular flexibility index (Phi) is 23.4. The zero-order valence-electron chi connectivity index (χ0n) is 64.9. The lowest BCUT2D eigenvalue weighted by Crippen LogP contribution is -2.48. The number of piperazine rings is 3. The predicted molar refractivity (Wildman–Crippen MR) is 404 cm³/mol. The van der Waals surface area contributed by atoms with Gasteiger partial charge in [0.15, 0.2) is 28.6 Å². The van der Waals surface area contributed by atoms with E-state index in [1.54, 1.807) is 18.3 Å². The Morgan fingerprint density at radius 3 is 1.34 bits per heavy atom. The van der Waals surface area contributed by atoms with Gasteiger partial charge >= 0.3 is 6.18 Å². The van der Waals surface area contributed by atoms with Crippen LogP contribution in [-0.4, -0.2) is 276 Å². The van der Waals surface area contributed by atoms with Gasteiger partial charge in [0.1, 0.15) is 65.7 Å². The van der Waals surface area contributed by atoms with Crippen molar-refractivity contribution in [3.05, 3.63) is 110 Å². The summed E-state index contributed by atoms with van der Waals surface area (Å²) < 4.78 is 118. The molecule has 12 aromatic rings. The lowest BCUT2D eigenvalue weighted by molar-refractivity contribution is -0.139. The highest BCUT2D eigenvalue weighted by Crippen LogP contribution is 2.38. The minimum absolute atomic E-state index is 0.0234. The first-order chi connectivity index (χ1) is 55.0. The third-order valence-corrected chi connectivity index (χ3v) is 18.4. The molecule has 0 atom stereocenters. The van der Waals surface area contributed by atoms with E-state index in [0.29, 0.717) is 135 Å². The van der Waals surface area contributed by atoms with Crippen LogP contribution in [0.15, 0.2) is 112 Å². The molecule has 3 saturated heterocycles. The number of oxazole rings is 3. The number of nitrogen functional groups attached to an aromatic ring is 3. The van der Waals surface area contributed by atoms with Crippen molar-refractivity contribution in [2.45, 2.75) is 32.9 Å². The van der Waals surface area contributed by atoms with Crippen molar-refractivity contribution in [1.82, 2.24) is 103 Å². The standard InChI is InChI=1S/C24H29F3N10O2.C23H29FN10O3.C23H30N10O2/c1-3-11-38-21-17(24(25,26)27)13-16(15-30-21)36-9-7-35(8-10-36)6-5-34(2)18-14-19-31-20(22-29-4-12-39-22)33-37(19)23(28)32-18;1-31(18-14-19-28-20(22-26-3-10-37-22)30-34(19)23(25)29-18)4-5-32-6-8-33(9-7-32)21-17(24)13-16(15-27-21)36-12-11-35-2;1-3-13-34-17-4-5-18(26-16-17)32-11-9-31(10-12-32)8-7-30(2)19-15-20-27-21(22-25-6-14-35-22)29-33(20)23(24)28-19/h4,12-15H,3,5-11H2,1-2H3,(H2,28,32);3,10,13-15H,4-9,11-12H2,1-2H3,(H2,25,29);4-6,14-16H,3,7-13H2,1-2H3,(H2,24,28)/i;2D3;. The molecule has 41 heteroatoms. The van der Waals surface area contributed by atoms with Gasteiger partial charge in [-0.2, -0.15) is 41.7 Å². The van der Waals surface area contributed by atoms with Crippen molar-refractivity contribution in [3.8, 4) is 52.5 Å². The Morgan fingerprint density at radius 2 is 0.928 bits per heavy atom. The number of halogens is 4. The summed E-state index contributed by atoms with van der Waals surface area (Å²) >= 11 is 0. The molecule has 0 saturated carbocycles. The van der Waals surface area contributed by atoms with Gasteiger partial charge in [-0.3, -0.25) is 14.7 Å². The van der Waals surface area contributed by atoms with Gasteiger partial charge in [-0.05, 0) is 31.0 Å². The predicted octanol–water partition coefficient (Wildman–Crippen LogP) is 5.81. The maximum Gasteiger partial charge on any atom is 0.421 e. The Morgan fingerprint density at radius 1 is 0.486 bits per heavy atom. The first-order valence-corrected chi connectivity index (χ1v) is 36.1. The molecule has 3 fully saturated rings. The van der Waals surface area contributed by atoms with Crippen LogP contribution in [0, 0.1) is 5.82 Å². The number of hydrogen-bond donors (Lipinski definition) is 3. The van der Waals surface area contributed by atoms with Crippen molar-refractivity contribution >= 4 is 69.6 Å². The highest BCUT2D eigenvalue weighted by Gasteiger charge is 2.37. The number of alkyl halides is 3. The quantitative estimate of drug-likeness (QED) is 0.0385.